The fraction of sp³-hybridized carbons (Fsp3) is 0.789. The Bertz CT molecular complexity index is 690. The van der Waals surface area contributed by atoms with Gasteiger partial charge in [-0.3, -0.25) is 14.5 Å². The Balaban J connectivity index is 1.25. The number of nitrogens with one attached hydrogen (secondary N) is 1. The molecule has 9 heteroatoms. The van der Waals surface area contributed by atoms with Crippen LogP contribution in [0.2, 0.25) is 0 Å². The summed E-state index contributed by atoms with van der Waals surface area (Å²) in [5.74, 6) is 0.291. The highest BCUT2D eigenvalue weighted by molar-refractivity contribution is 7.19. The maximum Gasteiger partial charge on any atom is 0.228 e. The number of carbonyl (C=O) groups excluding carboxylic acids is 2. The van der Waals surface area contributed by atoms with Gasteiger partial charge in [-0.25, -0.2) is 0 Å². The van der Waals surface area contributed by atoms with Gasteiger partial charge < -0.3 is 15.1 Å². The molecule has 0 radical (unpaired) electrons. The maximum atomic E-state index is 12.6. The first-order valence-electron chi connectivity index (χ1n) is 10.6. The topological polar surface area (TPSA) is 81.7 Å². The van der Waals surface area contributed by atoms with Gasteiger partial charge in [-0.15, -0.1) is 10.2 Å². The van der Waals surface area contributed by atoms with E-state index in [-0.39, 0.29) is 17.7 Å². The molecule has 2 amide bonds. The van der Waals surface area contributed by atoms with E-state index in [2.05, 4.69) is 25.3 Å². The van der Waals surface area contributed by atoms with Crippen LogP contribution in [-0.2, 0) is 9.59 Å². The minimum Gasteiger partial charge on any atom is -0.356 e. The van der Waals surface area contributed by atoms with Crippen LogP contribution in [0.4, 0.5) is 10.3 Å². The molecule has 4 heterocycles. The highest BCUT2D eigenvalue weighted by Crippen LogP contribution is 2.32. The lowest BCUT2D eigenvalue weighted by atomic mass is 9.97. The highest BCUT2D eigenvalue weighted by Gasteiger charge is 2.30. The molecule has 4 rings (SSSR count). The molecule has 3 fully saturated rings. The second kappa shape index (κ2) is 9.17. The van der Waals surface area contributed by atoms with Crippen molar-refractivity contribution in [2.24, 2.45) is 5.92 Å². The molecule has 8 nitrogen and oxygen atoms in total. The summed E-state index contributed by atoms with van der Waals surface area (Å²) in [5, 5.41) is 13.1. The Morgan fingerprint density at radius 1 is 1.07 bits per heavy atom. The lowest BCUT2D eigenvalue weighted by Crippen LogP contribution is -2.43. The number of anilines is 2. The predicted molar refractivity (Wildman–Crippen MR) is 110 cm³/mol. The van der Waals surface area contributed by atoms with Crippen molar-refractivity contribution < 1.29 is 9.59 Å². The minimum atomic E-state index is 0.00121. The fourth-order valence-corrected chi connectivity index (χ4v) is 5.25. The molecule has 3 aliphatic heterocycles. The molecule has 0 aromatic carbocycles. The van der Waals surface area contributed by atoms with E-state index in [0.29, 0.717) is 18.1 Å². The third-order valence-electron chi connectivity index (χ3n) is 5.92. The van der Waals surface area contributed by atoms with Crippen molar-refractivity contribution >= 4 is 33.4 Å². The number of nitrogens with zero attached hydrogens (tertiary/aromatic N) is 5. The minimum absolute atomic E-state index is 0.00121. The Kier molecular flexibility index (Phi) is 6.41. The number of carbonyl (C=O) groups is 2. The Labute approximate surface area is 170 Å². The summed E-state index contributed by atoms with van der Waals surface area (Å²) in [7, 11) is 0. The number of rotatable bonds is 7. The largest absolute Gasteiger partial charge is 0.356 e. The van der Waals surface area contributed by atoms with Gasteiger partial charge in [0.15, 0.2) is 0 Å². The summed E-state index contributed by atoms with van der Waals surface area (Å²) in [6, 6.07) is 0. The van der Waals surface area contributed by atoms with Crippen molar-refractivity contribution in [1.29, 1.82) is 0 Å². The average Bonchev–Trinajstić information content (AvgIpc) is 3.46. The van der Waals surface area contributed by atoms with E-state index < -0.39 is 0 Å². The van der Waals surface area contributed by atoms with Gasteiger partial charge in [-0.2, -0.15) is 0 Å². The third-order valence-corrected chi connectivity index (χ3v) is 6.93. The van der Waals surface area contributed by atoms with E-state index in [9.17, 15) is 9.59 Å². The Hall–Kier alpha value is -1.74. The summed E-state index contributed by atoms with van der Waals surface area (Å²) in [5.41, 5.74) is 0. The van der Waals surface area contributed by atoms with E-state index in [0.717, 1.165) is 57.0 Å². The zero-order valence-electron chi connectivity index (χ0n) is 16.4. The Morgan fingerprint density at radius 2 is 1.89 bits per heavy atom. The molecule has 0 unspecified atom stereocenters. The van der Waals surface area contributed by atoms with Crippen LogP contribution >= 0.6 is 11.3 Å². The van der Waals surface area contributed by atoms with Crippen LogP contribution in [0.5, 0.6) is 0 Å². The first kappa shape index (κ1) is 19.6. The zero-order chi connectivity index (χ0) is 19.3. The third kappa shape index (κ3) is 4.63. The molecule has 1 atom stereocenters. The van der Waals surface area contributed by atoms with Crippen LogP contribution in [0.25, 0.3) is 0 Å². The molecule has 0 aliphatic carbocycles. The molecule has 0 spiro atoms. The molecule has 3 aliphatic rings. The molecule has 3 saturated heterocycles. The van der Waals surface area contributed by atoms with Gasteiger partial charge in [0.2, 0.25) is 22.1 Å². The monoisotopic (exact) mass is 406 g/mol. The van der Waals surface area contributed by atoms with Crippen molar-refractivity contribution in [2.75, 3.05) is 55.6 Å². The van der Waals surface area contributed by atoms with Crippen LogP contribution in [0, 0.1) is 5.92 Å². The van der Waals surface area contributed by atoms with Gasteiger partial charge in [0.1, 0.15) is 0 Å². The summed E-state index contributed by atoms with van der Waals surface area (Å²) >= 11 is 1.46. The Morgan fingerprint density at radius 3 is 2.68 bits per heavy atom. The van der Waals surface area contributed by atoms with Crippen molar-refractivity contribution in [3.63, 3.8) is 0 Å². The summed E-state index contributed by atoms with van der Waals surface area (Å²) < 4.78 is 0. The highest BCUT2D eigenvalue weighted by atomic mass is 32.1. The standard InChI is InChI=1S/C19H30N6O2S/c26-16-7-4-13-25(16)19-22-21-18(28-19)24-12-3-6-15(14-24)17(27)20-8-5-11-23-9-1-2-10-23/h15H,1-14H2,(H,20,27)/t15-/m1/s1. The second-order valence-electron chi connectivity index (χ2n) is 7.99. The van der Waals surface area contributed by atoms with Gasteiger partial charge >= 0.3 is 0 Å². The quantitative estimate of drug-likeness (QED) is 0.691. The van der Waals surface area contributed by atoms with Crippen LogP contribution in [0.3, 0.4) is 0 Å². The SMILES string of the molecule is O=C(NCCCN1CCCC1)[C@@H]1CCCN(c2nnc(N3CCCC3=O)s2)C1. The molecule has 154 valence electrons. The van der Waals surface area contributed by atoms with Crippen molar-refractivity contribution in [2.45, 2.75) is 44.9 Å². The van der Waals surface area contributed by atoms with Gasteiger partial charge in [-0.1, -0.05) is 11.3 Å². The van der Waals surface area contributed by atoms with Gasteiger partial charge in [0.25, 0.3) is 0 Å². The molecule has 1 aromatic rings. The fourth-order valence-electron chi connectivity index (χ4n) is 4.32. The zero-order valence-corrected chi connectivity index (χ0v) is 17.3. The van der Waals surface area contributed by atoms with E-state index >= 15 is 0 Å². The summed E-state index contributed by atoms with van der Waals surface area (Å²) in [4.78, 5) is 30.9. The molecular weight excluding hydrogens is 376 g/mol. The van der Waals surface area contributed by atoms with Gasteiger partial charge in [0, 0.05) is 32.6 Å². The average molecular weight is 407 g/mol. The summed E-state index contributed by atoms with van der Waals surface area (Å²) in [6.45, 7) is 6.56. The second-order valence-corrected chi connectivity index (χ2v) is 8.93. The number of likely N-dealkylation sites (tertiary alicyclic amines) is 1. The molecule has 28 heavy (non-hydrogen) atoms. The molecular formula is C19H30N6O2S. The number of hydrogen-bond acceptors (Lipinski definition) is 7. The normalized spacial score (nSPS) is 23.6. The lowest BCUT2D eigenvalue weighted by Gasteiger charge is -2.31. The van der Waals surface area contributed by atoms with Crippen molar-refractivity contribution in [3.05, 3.63) is 0 Å². The summed E-state index contributed by atoms with van der Waals surface area (Å²) in [6.07, 6.45) is 7.02. The number of hydrogen-bond donors (Lipinski definition) is 1. The van der Waals surface area contributed by atoms with Crippen LogP contribution in [-0.4, -0.2) is 72.7 Å². The van der Waals surface area contributed by atoms with Crippen LogP contribution < -0.4 is 15.1 Å². The predicted octanol–water partition coefficient (Wildman–Crippen LogP) is 1.48. The van der Waals surface area contributed by atoms with Gasteiger partial charge in [0.05, 0.1) is 5.92 Å². The van der Waals surface area contributed by atoms with E-state index in [1.807, 2.05) is 0 Å². The van der Waals surface area contributed by atoms with E-state index in [1.165, 1.54) is 37.3 Å². The number of piperidine rings is 1. The van der Waals surface area contributed by atoms with Crippen LogP contribution in [0.15, 0.2) is 0 Å². The van der Waals surface area contributed by atoms with E-state index in [4.69, 9.17) is 0 Å². The number of amides is 2. The van der Waals surface area contributed by atoms with Crippen molar-refractivity contribution in [1.82, 2.24) is 20.4 Å². The first-order chi connectivity index (χ1) is 13.7. The molecule has 1 N–H and O–H groups in total. The molecule has 1 aromatic heterocycles. The van der Waals surface area contributed by atoms with Gasteiger partial charge in [-0.05, 0) is 58.2 Å². The molecule has 0 saturated carbocycles. The lowest BCUT2D eigenvalue weighted by molar-refractivity contribution is -0.125. The first-order valence-corrected chi connectivity index (χ1v) is 11.4. The molecule has 0 bridgehead atoms. The maximum absolute atomic E-state index is 12.6. The van der Waals surface area contributed by atoms with Crippen molar-refractivity contribution in [3.8, 4) is 0 Å². The van der Waals surface area contributed by atoms with Crippen LogP contribution in [0.1, 0.15) is 44.9 Å². The number of aromatic nitrogens is 2. The smallest absolute Gasteiger partial charge is 0.228 e. The van der Waals surface area contributed by atoms with E-state index in [1.54, 1.807) is 4.90 Å².